The topological polar surface area (TPSA) is 45.4 Å². The Hall–Kier alpha value is -1.82. The van der Waals surface area contributed by atoms with Crippen LogP contribution in [-0.2, 0) is 4.84 Å². The summed E-state index contributed by atoms with van der Waals surface area (Å²) in [5.41, 5.74) is 1.47. The standard InChI is InChI=1S/C13H13N2O/c14-9-11-5-7-12(8-6-11)10-15-16-13-3-1-2-4-13/h5-8,13H,1-4H2. The van der Waals surface area contributed by atoms with Crippen molar-refractivity contribution in [2.24, 2.45) is 5.16 Å². The third kappa shape index (κ3) is 2.83. The van der Waals surface area contributed by atoms with Crippen molar-refractivity contribution in [2.75, 3.05) is 0 Å². The minimum atomic E-state index is 0.269. The molecule has 0 unspecified atom stereocenters. The van der Waals surface area contributed by atoms with Crippen molar-refractivity contribution >= 4 is 6.21 Å². The van der Waals surface area contributed by atoms with E-state index in [4.69, 9.17) is 10.1 Å². The highest BCUT2D eigenvalue weighted by Gasteiger charge is 2.15. The molecule has 1 aromatic carbocycles. The highest BCUT2D eigenvalue weighted by atomic mass is 16.6. The van der Waals surface area contributed by atoms with Gasteiger partial charge in [0.25, 0.3) is 0 Å². The van der Waals surface area contributed by atoms with Crippen LogP contribution in [0.2, 0.25) is 0 Å². The molecule has 81 valence electrons. The number of nitrogens with zero attached hydrogens (tertiary/aromatic N) is 2. The van der Waals surface area contributed by atoms with Gasteiger partial charge in [0.05, 0.1) is 11.6 Å². The third-order valence-electron chi connectivity index (χ3n) is 2.69. The molecule has 0 amide bonds. The van der Waals surface area contributed by atoms with Crippen molar-refractivity contribution in [1.82, 2.24) is 0 Å². The van der Waals surface area contributed by atoms with Gasteiger partial charge in [-0.25, -0.2) is 0 Å². The van der Waals surface area contributed by atoms with E-state index in [-0.39, 0.29) is 6.10 Å². The molecule has 2 rings (SSSR count). The van der Waals surface area contributed by atoms with Crippen molar-refractivity contribution < 1.29 is 4.84 Å². The zero-order valence-electron chi connectivity index (χ0n) is 9.02. The maximum Gasteiger partial charge on any atom is 0.139 e. The zero-order chi connectivity index (χ0) is 11.2. The van der Waals surface area contributed by atoms with Gasteiger partial charge in [0, 0.05) is 5.56 Å². The first-order valence-electron chi connectivity index (χ1n) is 5.50. The number of benzene rings is 1. The third-order valence-corrected chi connectivity index (χ3v) is 2.69. The molecule has 3 nitrogen and oxygen atoms in total. The van der Waals surface area contributed by atoms with Crippen molar-refractivity contribution in [1.29, 1.82) is 5.26 Å². The van der Waals surface area contributed by atoms with E-state index in [9.17, 15) is 0 Å². The summed E-state index contributed by atoms with van der Waals surface area (Å²) in [6.07, 6.45) is 7.74. The molecule has 3 heteroatoms. The van der Waals surface area contributed by atoms with Gasteiger partial charge in [0.15, 0.2) is 0 Å². The second-order valence-electron chi connectivity index (χ2n) is 3.90. The Balaban J connectivity index is 1.87. The molecule has 1 fully saturated rings. The molecule has 0 N–H and O–H groups in total. The summed E-state index contributed by atoms with van der Waals surface area (Å²) in [6, 6.07) is 9.16. The van der Waals surface area contributed by atoms with Crippen LogP contribution in [0, 0.1) is 11.3 Å². The SMILES string of the molecule is N#Cc1ccc(/[C]=N/OC2CCCC2)cc1. The van der Waals surface area contributed by atoms with Crippen LogP contribution in [0.3, 0.4) is 0 Å². The van der Waals surface area contributed by atoms with Gasteiger partial charge in [-0.15, -0.1) is 0 Å². The molecular weight excluding hydrogens is 200 g/mol. The van der Waals surface area contributed by atoms with Gasteiger partial charge >= 0.3 is 0 Å². The van der Waals surface area contributed by atoms with Crippen LogP contribution >= 0.6 is 0 Å². The lowest BCUT2D eigenvalue weighted by molar-refractivity contribution is 0.0657. The Morgan fingerprint density at radius 3 is 2.38 bits per heavy atom. The lowest BCUT2D eigenvalue weighted by Crippen LogP contribution is -2.02. The molecular formula is C13H13N2O. The molecule has 1 aliphatic rings. The van der Waals surface area contributed by atoms with E-state index in [1.54, 1.807) is 24.3 Å². The molecule has 0 saturated heterocycles. The minimum absolute atomic E-state index is 0.269. The molecule has 1 aliphatic carbocycles. The summed E-state index contributed by atoms with van der Waals surface area (Å²) in [5.74, 6) is 0. The maximum absolute atomic E-state index is 8.63. The molecule has 16 heavy (non-hydrogen) atoms. The highest BCUT2D eigenvalue weighted by molar-refractivity contribution is 5.79. The van der Waals surface area contributed by atoms with Gasteiger partial charge in [-0.1, -0.05) is 17.3 Å². The van der Waals surface area contributed by atoms with Gasteiger partial charge in [0.1, 0.15) is 12.3 Å². The molecule has 1 saturated carbocycles. The lowest BCUT2D eigenvalue weighted by Gasteiger charge is -2.04. The average molecular weight is 213 g/mol. The largest absolute Gasteiger partial charge is 0.392 e. The van der Waals surface area contributed by atoms with Crippen molar-refractivity contribution in [3.05, 3.63) is 35.4 Å². The van der Waals surface area contributed by atoms with Gasteiger partial charge < -0.3 is 4.84 Å². The van der Waals surface area contributed by atoms with E-state index in [1.165, 1.54) is 12.8 Å². The molecule has 0 heterocycles. The van der Waals surface area contributed by atoms with Gasteiger partial charge in [-0.3, -0.25) is 0 Å². The maximum atomic E-state index is 8.63. The summed E-state index contributed by atoms with van der Waals surface area (Å²) >= 11 is 0. The number of rotatable bonds is 3. The second kappa shape index (κ2) is 5.32. The van der Waals surface area contributed by atoms with Crippen molar-refractivity contribution in [2.45, 2.75) is 31.8 Å². The van der Waals surface area contributed by atoms with E-state index < -0.39 is 0 Å². The van der Waals surface area contributed by atoms with Crippen LogP contribution < -0.4 is 0 Å². The number of hydrogen-bond donors (Lipinski definition) is 0. The summed E-state index contributed by atoms with van der Waals surface area (Å²) < 4.78 is 0. The number of hydrogen-bond acceptors (Lipinski definition) is 3. The van der Waals surface area contributed by atoms with E-state index in [0.29, 0.717) is 5.56 Å². The second-order valence-corrected chi connectivity index (χ2v) is 3.90. The van der Waals surface area contributed by atoms with Crippen LogP contribution in [-0.4, -0.2) is 12.3 Å². The first-order chi connectivity index (χ1) is 7.88. The van der Waals surface area contributed by atoms with Crippen LogP contribution in [0.15, 0.2) is 29.4 Å². The zero-order valence-corrected chi connectivity index (χ0v) is 9.02. The lowest BCUT2D eigenvalue weighted by atomic mass is 10.2. The normalized spacial score (nSPS) is 16.4. The Labute approximate surface area is 95.3 Å². The van der Waals surface area contributed by atoms with Crippen LogP contribution in [0.1, 0.15) is 36.8 Å². The Morgan fingerprint density at radius 2 is 1.75 bits per heavy atom. The predicted molar refractivity (Wildman–Crippen MR) is 61.0 cm³/mol. The van der Waals surface area contributed by atoms with Gasteiger partial charge in [-0.05, 0) is 37.8 Å². The molecule has 0 spiro atoms. The summed E-state index contributed by atoms with van der Waals surface area (Å²) in [4.78, 5) is 5.31. The molecule has 0 aliphatic heterocycles. The predicted octanol–water partition coefficient (Wildman–Crippen LogP) is 2.73. The summed E-state index contributed by atoms with van der Waals surface area (Å²) in [5, 5.41) is 12.5. The first kappa shape index (κ1) is 10.7. The fourth-order valence-electron chi connectivity index (χ4n) is 1.77. The molecule has 1 aromatic rings. The fraction of sp³-hybridized carbons (Fsp3) is 0.385. The fourth-order valence-corrected chi connectivity index (χ4v) is 1.77. The van der Waals surface area contributed by atoms with Crippen LogP contribution in [0.5, 0.6) is 0 Å². The van der Waals surface area contributed by atoms with E-state index in [2.05, 4.69) is 17.4 Å². The summed E-state index contributed by atoms with van der Waals surface area (Å²) in [6.45, 7) is 0. The monoisotopic (exact) mass is 213 g/mol. The highest BCUT2D eigenvalue weighted by Crippen LogP contribution is 2.20. The summed E-state index contributed by atoms with van der Waals surface area (Å²) in [7, 11) is 0. The van der Waals surface area contributed by atoms with Gasteiger partial charge in [-0.2, -0.15) is 5.26 Å². The van der Waals surface area contributed by atoms with Gasteiger partial charge in [0.2, 0.25) is 0 Å². The Kier molecular flexibility index (Phi) is 3.55. The molecule has 0 bridgehead atoms. The quantitative estimate of drug-likeness (QED) is 0.572. The van der Waals surface area contributed by atoms with E-state index in [0.717, 1.165) is 18.4 Å². The van der Waals surface area contributed by atoms with Crippen LogP contribution in [0.4, 0.5) is 0 Å². The van der Waals surface area contributed by atoms with E-state index >= 15 is 0 Å². The molecule has 1 radical (unpaired) electrons. The first-order valence-corrected chi connectivity index (χ1v) is 5.50. The molecule has 0 aromatic heterocycles. The van der Waals surface area contributed by atoms with Crippen LogP contribution in [0.25, 0.3) is 0 Å². The van der Waals surface area contributed by atoms with Crippen molar-refractivity contribution in [3.8, 4) is 6.07 Å². The average Bonchev–Trinajstić information content (AvgIpc) is 2.83. The number of nitriles is 1. The smallest absolute Gasteiger partial charge is 0.139 e. The van der Waals surface area contributed by atoms with Crippen molar-refractivity contribution in [3.63, 3.8) is 0 Å². The minimum Gasteiger partial charge on any atom is -0.392 e. The Morgan fingerprint density at radius 1 is 1.12 bits per heavy atom. The Bertz CT molecular complexity index is 397. The molecule has 0 atom stereocenters. The van der Waals surface area contributed by atoms with E-state index in [1.807, 2.05) is 0 Å².